The van der Waals surface area contributed by atoms with E-state index < -0.39 is 16.3 Å². The van der Waals surface area contributed by atoms with Gasteiger partial charge in [0.05, 0.1) is 12.2 Å². The number of ether oxygens (including phenoxy) is 2. The van der Waals surface area contributed by atoms with Gasteiger partial charge in [0.15, 0.2) is 6.29 Å². The van der Waals surface area contributed by atoms with Gasteiger partial charge >= 0.3 is 0 Å². The topological polar surface area (TPSA) is 68.2 Å². The molecule has 0 aromatic heterocycles. The first kappa shape index (κ1) is 15.0. The Morgan fingerprint density at radius 1 is 1.20 bits per heavy atom. The van der Waals surface area contributed by atoms with Crippen molar-refractivity contribution in [1.82, 2.24) is 0 Å². The molecule has 2 rings (SSSR count). The number of sulfonamides is 1. The Hall–Kier alpha value is -1.44. The molecule has 0 aliphatic carbocycles. The van der Waals surface area contributed by atoms with Crippen LogP contribution < -0.4 is 4.90 Å². The second kappa shape index (κ2) is 6.34. The summed E-state index contributed by atoms with van der Waals surface area (Å²) < 4.78 is 38.3. The molecular weight excluding hydrogens is 280 g/mol. The Morgan fingerprint density at radius 2 is 1.85 bits per heavy atom. The molecule has 0 radical (unpaired) electrons. The number of nitrogens with zero attached hydrogens (tertiary/aromatic N) is 2. The van der Waals surface area contributed by atoms with Crippen LogP contribution in [0.15, 0.2) is 33.6 Å². The third-order valence-electron chi connectivity index (χ3n) is 2.83. The maximum absolute atomic E-state index is 11.9. The number of benzene rings is 1. The predicted molar refractivity (Wildman–Crippen MR) is 76.5 cm³/mol. The molecule has 6 nitrogen and oxygen atoms in total. The molecule has 0 bridgehead atoms. The number of fused-ring (bicyclic) bond motifs is 1. The molecule has 1 aliphatic heterocycles. The minimum Gasteiger partial charge on any atom is -0.351 e. The minimum atomic E-state index is -3.59. The summed E-state index contributed by atoms with van der Waals surface area (Å²) in [5.41, 5.74) is 0.590. The van der Waals surface area contributed by atoms with E-state index in [4.69, 9.17) is 9.47 Å². The van der Waals surface area contributed by atoms with E-state index in [2.05, 4.69) is 4.40 Å². The standard InChI is InChI=1S/C13H18N2O4S/c1-3-18-13(19-4-2)9-15-10-14-20(16,17)12-8-6-5-7-11(12)15/h5-8,10,13H,3-4,9H2,1-2H3. The Balaban J connectivity index is 2.26. The van der Waals surface area contributed by atoms with Crippen molar-refractivity contribution in [2.24, 2.45) is 4.40 Å². The van der Waals surface area contributed by atoms with Gasteiger partial charge in [-0.15, -0.1) is 4.40 Å². The lowest BCUT2D eigenvalue weighted by Gasteiger charge is -2.28. The predicted octanol–water partition coefficient (Wildman–Crippen LogP) is 1.62. The molecule has 1 heterocycles. The highest BCUT2D eigenvalue weighted by Gasteiger charge is 2.26. The van der Waals surface area contributed by atoms with E-state index in [0.717, 1.165) is 0 Å². The molecule has 0 saturated carbocycles. The maximum Gasteiger partial charge on any atom is 0.285 e. The summed E-state index contributed by atoms with van der Waals surface area (Å²) in [7, 11) is -3.59. The van der Waals surface area contributed by atoms with Crippen molar-refractivity contribution < 1.29 is 17.9 Å². The molecule has 0 unspecified atom stereocenters. The first-order valence-corrected chi connectivity index (χ1v) is 7.91. The summed E-state index contributed by atoms with van der Waals surface area (Å²) in [6, 6.07) is 6.76. The van der Waals surface area contributed by atoms with Gasteiger partial charge in [-0.3, -0.25) is 0 Å². The van der Waals surface area contributed by atoms with Gasteiger partial charge in [-0.1, -0.05) is 12.1 Å². The zero-order valence-electron chi connectivity index (χ0n) is 11.5. The summed E-state index contributed by atoms with van der Waals surface area (Å²) in [6.07, 6.45) is 0.883. The van der Waals surface area contributed by atoms with Crippen LogP contribution in [0.4, 0.5) is 5.69 Å². The van der Waals surface area contributed by atoms with Crippen LogP contribution in [0.2, 0.25) is 0 Å². The molecule has 20 heavy (non-hydrogen) atoms. The monoisotopic (exact) mass is 298 g/mol. The van der Waals surface area contributed by atoms with Crippen molar-refractivity contribution >= 4 is 22.0 Å². The molecule has 0 atom stereocenters. The first-order valence-electron chi connectivity index (χ1n) is 6.47. The molecule has 0 saturated heterocycles. The first-order chi connectivity index (χ1) is 9.58. The van der Waals surface area contributed by atoms with Crippen LogP contribution in [-0.2, 0) is 19.5 Å². The van der Waals surface area contributed by atoms with E-state index in [0.29, 0.717) is 25.4 Å². The van der Waals surface area contributed by atoms with E-state index in [-0.39, 0.29) is 4.90 Å². The van der Waals surface area contributed by atoms with E-state index in [1.165, 1.54) is 6.34 Å². The van der Waals surface area contributed by atoms with Gasteiger partial charge in [-0.05, 0) is 26.0 Å². The largest absolute Gasteiger partial charge is 0.351 e. The SMILES string of the molecule is CCOC(CN1C=NS(=O)(=O)c2ccccc21)OCC. The molecule has 0 fully saturated rings. The van der Waals surface area contributed by atoms with Gasteiger partial charge in [0, 0.05) is 13.2 Å². The van der Waals surface area contributed by atoms with Gasteiger partial charge in [0.1, 0.15) is 11.2 Å². The van der Waals surface area contributed by atoms with Crippen molar-refractivity contribution in [2.75, 3.05) is 24.7 Å². The quantitative estimate of drug-likeness (QED) is 0.747. The number of para-hydroxylation sites is 1. The van der Waals surface area contributed by atoms with Crippen molar-refractivity contribution in [1.29, 1.82) is 0 Å². The average Bonchev–Trinajstić information content (AvgIpc) is 2.43. The fourth-order valence-electron chi connectivity index (χ4n) is 1.98. The Bertz CT molecular complexity index is 580. The summed E-state index contributed by atoms with van der Waals surface area (Å²) in [5.74, 6) is 0. The van der Waals surface area contributed by atoms with Crippen LogP contribution in [0.25, 0.3) is 0 Å². The Labute approximate surface area is 119 Å². The fraction of sp³-hybridized carbons (Fsp3) is 0.462. The minimum absolute atomic E-state index is 0.203. The van der Waals surface area contributed by atoms with Crippen molar-refractivity contribution in [3.8, 4) is 0 Å². The Morgan fingerprint density at radius 3 is 2.50 bits per heavy atom. The highest BCUT2D eigenvalue weighted by atomic mass is 32.2. The third kappa shape index (κ3) is 3.17. The van der Waals surface area contributed by atoms with E-state index >= 15 is 0 Å². The highest BCUT2D eigenvalue weighted by Crippen LogP contribution is 2.29. The molecule has 7 heteroatoms. The van der Waals surface area contributed by atoms with E-state index in [9.17, 15) is 8.42 Å². The van der Waals surface area contributed by atoms with Crippen molar-refractivity contribution in [3.05, 3.63) is 24.3 Å². The molecule has 0 amide bonds. The van der Waals surface area contributed by atoms with Crippen molar-refractivity contribution in [3.63, 3.8) is 0 Å². The molecule has 1 aliphatic rings. The number of rotatable bonds is 6. The van der Waals surface area contributed by atoms with Crippen LogP contribution in [0.1, 0.15) is 13.8 Å². The van der Waals surface area contributed by atoms with Gasteiger partial charge < -0.3 is 14.4 Å². The molecule has 0 N–H and O–H groups in total. The summed E-state index contributed by atoms with van der Waals surface area (Å²) >= 11 is 0. The lowest BCUT2D eigenvalue weighted by Crippen LogP contribution is -2.37. The summed E-state index contributed by atoms with van der Waals surface area (Å²) in [5, 5.41) is 0. The number of hydrogen-bond donors (Lipinski definition) is 0. The summed E-state index contributed by atoms with van der Waals surface area (Å²) in [6.45, 7) is 5.20. The highest BCUT2D eigenvalue weighted by molar-refractivity contribution is 7.90. The molecule has 110 valence electrons. The van der Waals surface area contributed by atoms with E-state index in [1.807, 2.05) is 13.8 Å². The van der Waals surface area contributed by atoms with Crippen LogP contribution in [0.5, 0.6) is 0 Å². The second-order valence-corrected chi connectivity index (χ2v) is 5.76. The van der Waals surface area contributed by atoms with Crippen LogP contribution in [0.3, 0.4) is 0 Å². The third-order valence-corrected chi connectivity index (χ3v) is 4.10. The molecular formula is C13H18N2O4S. The fourth-order valence-corrected chi connectivity index (χ4v) is 3.03. The zero-order valence-corrected chi connectivity index (χ0v) is 12.3. The second-order valence-electron chi connectivity index (χ2n) is 4.16. The normalized spacial score (nSPS) is 16.4. The van der Waals surface area contributed by atoms with Gasteiger partial charge in [0.25, 0.3) is 10.0 Å². The van der Waals surface area contributed by atoms with Gasteiger partial charge in [-0.25, -0.2) is 0 Å². The number of hydrogen-bond acceptors (Lipinski definition) is 5. The Kier molecular flexibility index (Phi) is 4.74. The zero-order chi connectivity index (χ0) is 14.6. The van der Waals surface area contributed by atoms with E-state index in [1.54, 1.807) is 29.2 Å². The van der Waals surface area contributed by atoms with Gasteiger partial charge in [-0.2, -0.15) is 8.42 Å². The van der Waals surface area contributed by atoms with Gasteiger partial charge in [0.2, 0.25) is 0 Å². The van der Waals surface area contributed by atoms with Crippen molar-refractivity contribution in [2.45, 2.75) is 25.0 Å². The van der Waals surface area contributed by atoms with Crippen LogP contribution in [0, 0.1) is 0 Å². The lowest BCUT2D eigenvalue weighted by atomic mass is 10.3. The maximum atomic E-state index is 11.9. The smallest absolute Gasteiger partial charge is 0.285 e. The molecule has 0 spiro atoms. The number of anilines is 1. The molecule has 1 aromatic carbocycles. The average molecular weight is 298 g/mol. The van der Waals surface area contributed by atoms with Crippen LogP contribution >= 0.6 is 0 Å². The summed E-state index contributed by atoms with van der Waals surface area (Å²) in [4.78, 5) is 1.93. The van der Waals surface area contributed by atoms with Crippen LogP contribution in [-0.4, -0.2) is 40.8 Å². The lowest BCUT2D eigenvalue weighted by molar-refractivity contribution is -0.128. The molecule has 1 aromatic rings.